The normalized spacial score (nSPS) is 15.3. The largest absolute Gasteiger partial charge is 0.444 e. The van der Waals surface area contributed by atoms with Gasteiger partial charge in [0, 0.05) is 41.1 Å². The number of carbonyl (C=O) groups is 2. The van der Waals surface area contributed by atoms with E-state index in [1.807, 2.05) is 59.9 Å². The van der Waals surface area contributed by atoms with Crippen LogP contribution in [0.25, 0.3) is 5.57 Å². The molecule has 0 bridgehead atoms. The zero-order valence-corrected chi connectivity index (χ0v) is 22.6. The lowest BCUT2D eigenvalue weighted by Crippen LogP contribution is -2.41. The summed E-state index contributed by atoms with van der Waals surface area (Å²) in [5.41, 5.74) is 4.38. The van der Waals surface area contributed by atoms with Gasteiger partial charge in [0.1, 0.15) is 5.60 Å². The molecule has 0 saturated carbocycles. The van der Waals surface area contributed by atoms with Gasteiger partial charge < -0.3 is 19.9 Å². The number of hydrogen-bond donors (Lipinski definition) is 2. The van der Waals surface area contributed by atoms with Crippen LogP contribution in [0.5, 0.6) is 0 Å². The van der Waals surface area contributed by atoms with Crippen LogP contribution in [-0.2, 0) is 11.3 Å². The van der Waals surface area contributed by atoms with Crippen LogP contribution in [0.15, 0.2) is 22.3 Å². The van der Waals surface area contributed by atoms with Gasteiger partial charge in [-0.15, -0.1) is 11.3 Å². The molecule has 0 unspecified atom stereocenters. The summed E-state index contributed by atoms with van der Waals surface area (Å²) in [5.74, 6) is 0.139. The predicted octanol–water partition coefficient (Wildman–Crippen LogP) is 5.34. The Morgan fingerprint density at radius 2 is 1.89 bits per heavy atom. The van der Waals surface area contributed by atoms with E-state index < -0.39 is 5.60 Å². The van der Waals surface area contributed by atoms with Gasteiger partial charge in [-0.25, -0.2) is 4.79 Å². The van der Waals surface area contributed by atoms with E-state index in [0.29, 0.717) is 30.1 Å². The average Bonchev–Trinajstić information content (AvgIpc) is 3.14. The van der Waals surface area contributed by atoms with Crippen LogP contribution in [0.1, 0.15) is 78.2 Å². The van der Waals surface area contributed by atoms with Crippen LogP contribution in [0.2, 0.25) is 0 Å². The molecule has 1 saturated heterocycles. The van der Waals surface area contributed by atoms with Crippen molar-refractivity contribution in [2.45, 2.75) is 73.5 Å². The number of likely N-dealkylation sites (tertiary alicyclic amines) is 1. The Labute approximate surface area is 211 Å². The molecule has 0 aliphatic carbocycles. The molecule has 3 rings (SSSR count). The van der Waals surface area contributed by atoms with Gasteiger partial charge in [0.2, 0.25) is 0 Å². The average molecular weight is 500 g/mol. The number of aromatic nitrogens is 1. The Morgan fingerprint density at radius 1 is 1.23 bits per heavy atom. The van der Waals surface area contributed by atoms with Gasteiger partial charge in [0.25, 0.3) is 11.5 Å². The molecule has 8 heteroatoms. The molecule has 35 heavy (non-hydrogen) atoms. The monoisotopic (exact) mass is 499 g/mol. The van der Waals surface area contributed by atoms with E-state index in [-0.39, 0.29) is 24.1 Å². The third-order valence-electron chi connectivity index (χ3n) is 6.36. The fourth-order valence-electron chi connectivity index (χ4n) is 4.54. The third-order valence-corrected chi connectivity index (χ3v) is 7.49. The van der Waals surface area contributed by atoms with E-state index >= 15 is 0 Å². The van der Waals surface area contributed by atoms with Crippen molar-refractivity contribution in [2.75, 3.05) is 13.1 Å². The lowest BCUT2D eigenvalue weighted by Gasteiger charge is -2.34. The predicted molar refractivity (Wildman–Crippen MR) is 141 cm³/mol. The Hall–Kier alpha value is -2.87. The number of carbonyl (C=O) groups excluding carboxylic acids is 2. The first-order valence-corrected chi connectivity index (χ1v) is 13.0. The number of aryl methyl sites for hydroxylation is 2. The molecule has 0 atom stereocenters. The van der Waals surface area contributed by atoms with Gasteiger partial charge >= 0.3 is 6.09 Å². The zero-order chi connectivity index (χ0) is 25.9. The first kappa shape index (κ1) is 26.7. The summed E-state index contributed by atoms with van der Waals surface area (Å²) in [6.07, 6.45) is 3.58. The molecule has 0 spiro atoms. The molecule has 1 fully saturated rings. The molecular formula is C27H37N3O4S. The summed E-state index contributed by atoms with van der Waals surface area (Å²) in [4.78, 5) is 43.3. The van der Waals surface area contributed by atoms with Gasteiger partial charge in [-0.1, -0.05) is 6.08 Å². The standard InChI is InChI=1S/C27H37N3O4S/c1-8-20(19-9-11-30(12-10-19)26(33)34-27(5,6)7)23-18(4)22(15-35-23)24(31)28-14-21-16(2)13-17(3)29-25(21)32/h8,13,15,19H,9-12,14H2,1-7H3,(H,28,31)(H,29,32). The van der Waals surface area contributed by atoms with Gasteiger partial charge in [-0.3, -0.25) is 9.59 Å². The molecule has 7 nitrogen and oxygen atoms in total. The fourth-order valence-corrected chi connectivity index (χ4v) is 5.77. The van der Waals surface area contributed by atoms with E-state index in [9.17, 15) is 14.4 Å². The Morgan fingerprint density at radius 3 is 2.46 bits per heavy atom. The highest BCUT2D eigenvalue weighted by Crippen LogP contribution is 2.38. The number of amides is 2. The first-order chi connectivity index (χ1) is 16.4. The summed E-state index contributed by atoms with van der Waals surface area (Å²) in [6.45, 7) is 14.8. The molecule has 0 aromatic carbocycles. The molecule has 1 aliphatic heterocycles. The van der Waals surface area contributed by atoms with Crippen LogP contribution < -0.4 is 10.9 Å². The van der Waals surface area contributed by atoms with Crippen molar-refractivity contribution in [1.82, 2.24) is 15.2 Å². The van der Waals surface area contributed by atoms with Crippen LogP contribution >= 0.6 is 11.3 Å². The summed E-state index contributed by atoms with van der Waals surface area (Å²) in [7, 11) is 0. The maximum absolute atomic E-state index is 13.0. The van der Waals surface area contributed by atoms with Crippen molar-refractivity contribution >= 4 is 28.9 Å². The number of allylic oxidation sites excluding steroid dienone is 2. The number of piperidine rings is 1. The van der Waals surface area contributed by atoms with Gasteiger partial charge in [-0.2, -0.15) is 0 Å². The number of hydrogen-bond acceptors (Lipinski definition) is 5. The van der Waals surface area contributed by atoms with E-state index in [1.54, 1.807) is 16.2 Å². The van der Waals surface area contributed by atoms with Crippen molar-refractivity contribution in [2.24, 2.45) is 5.92 Å². The summed E-state index contributed by atoms with van der Waals surface area (Å²) in [6, 6.07) is 1.91. The number of aromatic amines is 1. The summed E-state index contributed by atoms with van der Waals surface area (Å²) < 4.78 is 5.52. The Bertz CT molecular complexity index is 1180. The third kappa shape index (κ3) is 6.42. The smallest absolute Gasteiger partial charge is 0.410 e. The number of rotatable bonds is 5. The van der Waals surface area contributed by atoms with Crippen LogP contribution in [0, 0.1) is 26.7 Å². The molecule has 2 N–H and O–H groups in total. The highest BCUT2D eigenvalue weighted by Gasteiger charge is 2.30. The van der Waals surface area contributed by atoms with Crippen molar-refractivity contribution in [3.63, 3.8) is 0 Å². The summed E-state index contributed by atoms with van der Waals surface area (Å²) >= 11 is 1.57. The number of nitrogens with one attached hydrogen (secondary N) is 2. The zero-order valence-electron chi connectivity index (χ0n) is 21.8. The first-order valence-electron chi connectivity index (χ1n) is 12.1. The van der Waals surface area contributed by atoms with Crippen LogP contribution in [-0.4, -0.2) is 40.6 Å². The maximum atomic E-state index is 13.0. The number of thiophene rings is 1. The second kappa shape index (κ2) is 10.8. The molecule has 2 aromatic rings. The van der Waals surface area contributed by atoms with E-state index in [4.69, 9.17) is 4.74 Å². The van der Waals surface area contributed by atoms with Gasteiger partial charge in [0.15, 0.2) is 0 Å². The second-order valence-electron chi connectivity index (χ2n) is 10.2. The van der Waals surface area contributed by atoms with Gasteiger partial charge in [0.05, 0.1) is 5.56 Å². The van der Waals surface area contributed by atoms with Gasteiger partial charge in [-0.05, 0) is 90.0 Å². The quantitative estimate of drug-likeness (QED) is 0.581. The minimum atomic E-state index is -0.501. The Balaban J connectivity index is 1.67. The summed E-state index contributed by atoms with van der Waals surface area (Å²) in [5, 5.41) is 4.81. The van der Waals surface area contributed by atoms with Crippen molar-refractivity contribution in [3.05, 3.63) is 60.7 Å². The lowest BCUT2D eigenvalue weighted by molar-refractivity contribution is 0.0199. The molecule has 190 valence electrons. The highest BCUT2D eigenvalue weighted by molar-refractivity contribution is 7.11. The van der Waals surface area contributed by atoms with Crippen molar-refractivity contribution in [1.29, 1.82) is 0 Å². The van der Waals surface area contributed by atoms with Crippen molar-refractivity contribution in [3.8, 4) is 0 Å². The second-order valence-corrected chi connectivity index (χ2v) is 11.1. The molecule has 0 radical (unpaired) electrons. The van der Waals surface area contributed by atoms with E-state index in [2.05, 4.69) is 16.4 Å². The molecule has 2 aromatic heterocycles. The number of nitrogens with zero attached hydrogens (tertiary/aromatic N) is 1. The Kier molecular flexibility index (Phi) is 8.26. The number of pyridine rings is 1. The lowest BCUT2D eigenvalue weighted by atomic mass is 9.87. The fraction of sp³-hybridized carbons (Fsp3) is 0.519. The van der Waals surface area contributed by atoms with E-state index in [0.717, 1.165) is 34.5 Å². The molecular weight excluding hydrogens is 462 g/mol. The van der Waals surface area contributed by atoms with Crippen LogP contribution in [0.4, 0.5) is 4.79 Å². The molecule has 3 heterocycles. The highest BCUT2D eigenvalue weighted by atomic mass is 32.1. The van der Waals surface area contributed by atoms with E-state index in [1.165, 1.54) is 5.57 Å². The topological polar surface area (TPSA) is 91.5 Å². The minimum absolute atomic E-state index is 0.167. The molecule has 1 aliphatic rings. The van der Waals surface area contributed by atoms with Crippen LogP contribution in [0.3, 0.4) is 0 Å². The SMILES string of the molecule is CC=C(c1scc(C(=O)NCc2c(C)cc(C)[nH]c2=O)c1C)C1CCN(C(=O)OC(C)(C)C)CC1. The minimum Gasteiger partial charge on any atom is -0.444 e. The van der Waals surface area contributed by atoms with Crippen molar-refractivity contribution < 1.29 is 14.3 Å². The molecule has 2 amide bonds. The number of ether oxygens (including phenoxy) is 1. The number of H-pyrrole nitrogens is 1. The maximum Gasteiger partial charge on any atom is 0.410 e.